The first-order chi connectivity index (χ1) is 16.9. The lowest BCUT2D eigenvalue weighted by Crippen LogP contribution is -2.18. The predicted molar refractivity (Wildman–Crippen MR) is 135 cm³/mol. The van der Waals surface area contributed by atoms with Gasteiger partial charge in [0.2, 0.25) is 0 Å². The third-order valence-electron chi connectivity index (χ3n) is 5.54. The van der Waals surface area contributed by atoms with Crippen molar-refractivity contribution in [1.29, 1.82) is 0 Å². The average molecular weight is 469 g/mol. The minimum Gasteiger partial charge on any atom is -0.497 e. The maximum absolute atomic E-state index is 13.2. The zero-order valence-corrected chi connectivity index (χ0v) is 19.1. The molecule has 0 aromatic heterocycles. The van der Waals surface area contributed by atoms with Gasteiger partial charge in [-0.05, 0) is 65.2 Å². The summed E-state index contributed by atoms with van der Waals surface area (Å²) < 4.78 is 5.27. The summed E-state index contributed by atoms with van der Waals surface area (Å²) in [5.74, 6) is -1.20. The largest absolute Gasteiger partial charge is 0.497 e. The second-order valence-corrected chi connectivity index (χ2v) is 7.98. The van der Waals surface area contributed by atoms with Crippen molar-refractivity contribution in [2.45, 2.75) is 12.8 Å². The number of hydrogen-bond donors (Lipinski definition) is 3. The Hall–Kier alpha value is -4.65. The molecule has 0 aliphatic heterocycles. The average Bonchev–Trinajstić information content (AvgIpc) is 2.87. The highest BCUT2D eigenvalue weighted by Gasteiger charge is 2.17. The number of carboxylic acids is 1. The quantitative estimate of drug-likeness (QED) is 0.322. The van der Waals surface area contributed by atoms with Crippen LogP contribution in [0.5, 0.6) is 5.75 Å². The molecule has 0 radical (unpaired) electrons. The molecular weight excluding hydrogens is 444 g/mol. The minimum atomic E-state index is -0.886. The van der Waals surface area contributed by atoms with Crippen LogP contribution >= 0.6 is 0 Å². The third-order valence-corrected chi connectivity index (χ3v) is 5.54. The van der Waals surface area contributed by atoms with Crippen LogP contribution in [0.15, 0.2) is 84.9 Å². The minimum absolute atomic E-state index is 0.00175. The van der Waals surface area contributed by atoms with E-state index in [0.29, 0.717) is 29.1 Å². The van der Waals surface area contributed by atoms with E-state index < -0.39 is 11.9 Å². The number of amides is 2. The lowest BCUT2D eigenvalue weighted by molar-refractivity contribution is -0.136. The number of benzene rings is 4. The number of carboxylic acid groups (broad SMARTS) is 1. The second-order valence-electron chi connectivity index (χ2n) is 7.98. The Morgan fingerprint density at radius 1 is 0.800 bits per heavy atom. The van der Waals surface area contributed by atoms with Crippen molar-refractivity contribution in [3.63, 3.8) is 0 Å². The summed E-state index contributed by atoms with van der Waals surface area (Å²) in [6.45, 7) is 0. The van der Waals surface area contributed by atoms with Gasteiger partial charge in [0.25, 0.3) is 11.8 Å². The zero-order chi connectivity index (χ0) is 24.8. The van der Waals surface area contributed by atoms with Crippen molar-refractivity contribution in [3.05, 3.63) is 102 Å². The van der Waals surface area contributed by atoms with Crippen LogP contribution < -0.4 is 15.4 Å². The Labute approximate surface area is 202 Å². The molecule has 4 aromatic carbocycles. The maximum atomic E-state index is 13.2. The summed E-state index contributed by atoms with van der Waals surface area (Å²) in [6, 6.07) is 25.0. The topological polar surface area (TPSA) is 105 Å². The van der Waals surface area contributed by atoms with Crippen LogP contribution in [-0.4, -0.2) is 30.0 Å². The summed E-state index contributed by atoms with van der Waals surface area (Å²) in [7, 11) is 1.50. The van der Waals surface area contributed by atoms with E-state index in [1.165, 1.54) is 7.11 Å². The molecule has 4 rings (SSSR count). The number of aryl methyl sites for hydroxylation is 1. The molecule has 176 valence electrons. The SMILES string of the molecule is COc1ccc(NC(=O)c2ccc3ccccc3c2)c(C(=O)Nc2cccc(CCC(=O)O)c2)c1. The Balaban J connectivity index is 1.57. The number of carbonyl (C=O) groups is 3. The molecule has 7 heteroatoms. The summed E-state index contributed by atoms with van der Waals surface area (Å²) in [4.78, 5) is 37.0. The van der Waals surface area contributed by atoms with Gasteiger partial charge in [0, 0.05) is 17.7 Å². The van der Waals surface area contributed by atoms with Crippen molar-refractivity contribution >= 4 is 39.9 Å². The molecule has 0 aliphatic carbocycles. The van der Waals surface area contributed by atoms with Gasteiger partial charge < -0.3 is 20.5 Å². The van der Waals surface area contributed by atoms with E-state index in [-0.39, 0.29) is 17.9 Å². The Bertz CT molecular complexity index is 1410. The van der Waals surface area contributed by atoms with Gasteiger partial charge in [0.15, 0.2) is 0 Å². The molecule has 35 heavy (non-hydrogen) atoms. The first-order valence-electron chi connectivity index (χ1n) is 11.0. The van der Waals surface area contributed by atoms with Crippen molar-refractivity contribution in [2.75, 3.05) is 17.7 Å². The number of fused-ring (bicyclic) bond motifs is 1. The fourth-order valence-corrected chi connectivity index (χ4v) is 3.73. The molecule has 2 amide bonds. The van der Waals surface area contributed by atoms with Crippen LogP contribution in [0.2, 0.25) is 0 Å². The summed E-state index contributed by atoms with van der Waals surface area (Å²) in [5, 5.41) is 16.5. The van der Waals surface area contributed by atoms with Gasteiger partial charge in [0.05, 0.1) is 18.4 Å². The standard InChI is InChI=1S/C28H24N2O5/c1-35-23-12-13-25(30-27(33)21-11-10-19-6-2-3-7-20(19)16-21)24(17-23)28(34)29-22-8-4-5-18(15-22)9-14-26(31)32/h2-8,10-13,15-17H,9,14H2,1H3,(H,29,34)(H,30,33)(H,31,32). The van der Waals surface area contributed by atoms with Crippen LogP contribution in [0.25, 0.3) is 10.8 Å². The van der Waals surface area contributed by atoms with E-state index in [0.717, 1.165) is 16.3 Å². The number of anilines is 2. The van der Waals surface area contributed by atoms with Crippen molar-refractivity contribution in [1.82, 2.24) is 0 Å². The van der Waals surface area contributed by atoms with Gasteiger partial charge in [-0.15, -0.1) is 0 Å². The fraction of sp³-hybridized carbons (Fsp3) is 0.107. The highest BCUT2D eigenvalue weighted by atomic mass is 16.5. The predicted octanol–water partition coefficient (Wildman–Crippen LogP) is 5.37. The van der Waals surface area contributed by atoms with Gasteiger partial charge >= 0.3 is 5.97 Å². The number of carbonyl (C=O) groups excluding carboxylic acids is 2. The number of ether oxygens (including phenoxy) is 1. The Morgan fingerprint density at radius 2 is 1.60 bits per heavy atom. The van der Waals surface area contributed by atoms with Crippen LogP contribution in [0.3, 0.4) is 0 Å². The first kappa shape index (κ1) is 23.5. The fourth-order valence-electron chi connectivity index (χ4n) is 3.73. The van der Waals surface area contributed by atoms with E-state index in [9.17, 15) is 14.4 Å². The summed E-state index contributed by atoms with van der Waals surface area (Å²) >= 11 is 0. The third kappa shape index (κ3) is 5.83. The van der Waals surface area contributed by atoms with Gasteiger partial charge in [-0.1, -0.05) is 42.5 Å². The molecule has 0 atom stereocenters. The highest BCUT2D eigenvalue weighted by molar-refractivity contribution is 6.13. The number of nitrogens with one attached hydrogen (secondary N) is 2. The second kappa shape index (κ2) is 10.5. The van der Waals surface area contributed by atoms with Crippen LogP contribution in [-0.2, 0) is 11.2 Å². The molecule has 0 unspecified atom stereocenters. The van der Waals surface area contributed by atoms with Crippen LogP contribution in [0.4, 0.5) is 11.4 Å². The molecule has 0 bridgehead atoms. The Kier molecular flexibility index (Phi) is 7.07. The Morgan fingerprint density at radius 3 is 2.37 bits per heavy atom. The van der Waals surface area contributed by atoms with Crippen molar-refractivity contribution in [2.24, 2.45) is 0 Å². The van der Waals surface area contributed by atoms with E-state index in [1.54, 1.807) is 54.6 Å². The molecular formula is C28H24N2O5. The smallest absolute Gasteiger partial charge is 0.303 e. The van der Waals surface area contributed by atoms with E-state index in [4.69, 9.17) is 9.84 Å². The highest BCUT2D eigenvalue weighted by Crippen LogP contribution is 2.25. The van der Waals surface area contributed by atoms with Crippen LogP contribution in [0, 0.1) is 0 Å². The summed E-state index contributed by atoms with van der Waals surface area (Å²) in [6.07, 6.45) is 0.351. The molecule has 0 saturated heterocycles. The molecule has 0 heterocycles. The normalized spacial score (nSPS) is 10.5. The van der Waals surface area contributed by atoms with Gasteiger partial charge in [-0.3, -0.25) is 14.4 Å². The lowest BCUT2D eigenvalue weighted by atomic mass is 10.1. The number of methoxy groups -OCH3 is 1. The zero-order valence-electron chi connectivity index (χ0n) is 19.1. The molecule has 0 saturated carbocycles. The number of aliphatic carboxylic acids is 1. The monoisotopic (exact) mass is 468 g/mol. The molecule has 3 N–H and O–H groups in total. The van der Waals surface area contributed by atoms with Crippen molar-refractivity contribution < 1.29 is 24.2 Å². The molecule has 0 aliphatic rings. The molecule has 4 aromatic rings. The number of rotatable bonds is 8. The van der Waals surface area contributed by atoms with E-state index in [2.05, 4.69) is 10.6 Å². The molecule has 0 fully saturated rings. The molecule has 0 spiro atoms. The lowest BCUT2D eigenvalue weighted by Gasteiger charge is -2.14. The van der Waals surface area contributed by atoms with E-state index in [1.807, 2.05) is 30.3 Å². The van der Waals surface area contributed by atoms with Crippen LogP contribution in [0.1, 0.15) is 32.7 Å². The van der Waals surface area contributed by atoms with Gasteiger partial charge in [0.1, 0.15) is 5.75 Å². The number of hydrogen-bond acceptors (Lipinski definition) is 4. The van der Waals surface area contributed by atoms with E-state index >= 15 is 0 Å². The van der Waals surface area contributed by atoms with Crippen molar-refractivity contribution in [3.8, 4) is 5.75 Å². The van der Waals surface area contributed by atoms with Gasteiger partial charge in [-0.25, -0.2) is 0 Å². The van der Waals surface area contributed by atoms with Gasteiger partial charge in [-0.2, -0.15) is 0 Å². The maximum Gasteiger partial charge on any atom is 0.303 e. The first-order valence-corrected chi connectivity index (χ1v) is 11.0. The molecule has 7 nitrogen and oxygen atoms in total. The summed E-state index contributed by atoms with van der Waals surface area (Å²) in [5.41, 5.74) is 2.35.